The van der Waals surface area contributed by atoms with Crippen molar-refractivity contribution in [2.24, 2.45) is 5.92 Å². The third-order valence-electron chi connectivity index (χ3n) is 8.13. The van der Waals surface area contributed by atoms with Crippen molar-refractivity contribution in [3.63, 3.8) is 0 Å². The number of hydrogen-bond donors (Lipinski definition) is 3. The van der Waals surface area contributed by atoms with Gasteiger partial charge in [0.05, 0.1) is 18.8 Å². The van der Waals surface area contributed by atoms with Crippen LogP contribution in [0.3, 0.4) is 0 Å². The molecule has 0 aromatic carbocycles. The second kappa shape index (κ2) is 8.07. The first-order valence-electron chi connectivity index (χ1n) is 12.6. The highest BCUT2D eigenvalue weighted by Crippen LogP contribution is 2.57. The van der Waals surface area contributed by atoms with Gasteiger partial charge in [0.1, 0.15) is 17.9 Å². The van der Waals surface area contributed by atoms with E-state index in [1.54, 1.807) is 33.8 Å². The maximum absolute atomic E-state index is 15.2. The van der Waals surface area contributed by atoms with Gasteiger partial charge in [-0.2, -0.15) is 5.10 Å². The van der Waals surface area contributed by atoms with Crippen LogP contribution in [-0.2, 0) is 11.3 Å². The van der Waals surface area contributed by atoms with Crippen molar-refractivity contribution in [1.29, 1.82) is 0 Å². The summed E-state index contributed by atoms with van der Waals surface area (Å²) in [4.78, 5) is 22.7. The standard InChI is InChI=1S/C24H27F3N8O2/c25-20-15(1-2-17(20)37-22(36)31-23-6-13(7-23)8-23)16-5-18(33-32-16)30-21-28-4-3-19-29-14(10-35(19)21)9-34-11-24(26,27)12-34/h3-5,10,13,15,17,20H,1-2,6-9,11-12H2,(H,31,36)(H2,28,30,32,33)/t13?,15-,17-,20+,23?/m0/s1. The van der Waals surface area contributed by atoms with Gasteiger partial charge in [-0.3, -0.25) is 14.4 Å². The molecule has 3 atom stereocenters. The van der Waals surface area contributed by atoms with Gasteiger partial charge in [0.2, 0.25) is 5.95 Å². The third-order valence-corrected chi connectivity index (χ3v) is 8.13. The zero-order valence-electron chi connectivity index (χ0n) is 20.0. The maximum atomic E-state index is 15.2. The molecule has 2 bridgehead atoms. The Kier molecular flexibility index (Phi) is 4.98. The Morgan fingerprint density at radius 1 is 1.24 bits per heavy atom. The molecule has 5 aliphatic rings. The molecule has 13 heteroatoms. The van der Waals surface area contributed by atoms with Crippen LogP contribution in [0.25, 0.3) is 5.65 Å². The van der Waals surface area contributed by atoms with E-state index in [0.29, 0.717) is 48.2 Å². The van der Waals surface area contributed by atoms with Crippen LogP contribution >= 0.6 is 0 Å². The van der Waals surface area contributed by atoms with Gasteiger partial charge in [0, 0.05) is 42.2 Å². The highest BCUT2D eigenvalue weighted by Gasteiger charge is 2.58. The van der Waals surface area contributed by atoms with Crippen molar-refractivity contribution < 1.29 is 22.7 Å². The van der Waals surface area contributed by atoms with Gasteiger partial charge in [-0.15, -0.1) is 0 Å². The van der Waals surface area contributed by atoms with Crippen molar-refractivity contribution in [2.75, 3.05) is 18.4 Å². The molecule has 0 unspecified atom stereocenters. The number of alkyl halides is 3. The van der Waals surface area contributed by atoms with E-state index in [1.165, 1.54) is 0 Å². The SMILES string of the molecule is O=C(NC12CC(C1)C2)O[C@H]1CC[C@@H](c2cc(Nc3nccc4nc(CN5CC(F)(F)C5)cn34)n[nH]2)[C@H]1F. The molecule has 196 valence electrons. The lowest BCUT2D eigenvalue weighted by atomic mass is 9.50. The number of rotatable bonds is 7. The Morgan fingerprint density at radius 3 is 2.78 bits per heavy atom. The van der Waals surface area contributed by atoms with Crippen LogP contribution in [0.1, 0.15) is 49.4 Å². The Morgan fingerprint density at radius 2 is 2.05 bits per heavy atom. The Balaban J connectivity index is 0.992. The van der Waals surface area contributed by atoms with Crippen molar-refractivity contribution in [1.82, 2.24) is 34.8 Å². The average Bonchev–Trinajstić information content (AvgIpc) is 3.48. The largest absolute Gasteiger partial charge is 0.443 e. The highest BCUT2D eigenvalue weighted by molar-refractivity contribution is 5.69. The fraction of sp³-hybridized carbons (Fsp3) is 0.583. The number of nitrogens with zero attached hydrogens (tertiary/aromatic N) is 5. The molecule has 37 heavy (non-hydrogen) atoms. The molecule has 8 rings (SSSR count). The number of likely N-dealkylation sites (tertiary alicyclic amines) is 1. The lowest BCUT2D eigenvalue weighted by molar-refractivity contribution is -0.134. The Labute approximate surface area is 210 Å². The monoisotopic (exact) mass is 516 g/mol. The molecule has 0 radical (unpaired) electrons. The number of imidazole rings is 1. The van der Waals surface area contributed by atoms with E-state index in [4.69, 9.17) is 4.74 Å². The first kappa shape index (κ1) is 22.8. The number of anilines is 2. The molecule has 5 fully saturated rings. The molecular weight excluding hydrogens is 489 g/mol. The van der Waals surface area contributed by atoms with E-state index in [9.17, 15) is 13.6 Å². The van der Waals surface area contributed by atoms with Crippen LogP contribution in [0.2, 0.25) is 0 Å². The number of halogens is 3. The van der Waals surface area contributed by atoms with Crippen LogP contribution in [0.15, 0.2) is 24.5 Å². The third kappa shape index (κ3) is 4.09. The molecule has 4 saturated carbocycles. The number of nitrogens with one attached hydrogen (secondary N) is 3. The number of hydrogen-bond acceptors (Lipinski definition) is 7. The van der Waals surface area contributed by atoms with Gasteiger partial charge >= 0.3 is 6.09 Å². The van der Waals surface area contributed by atoms with Gasteiger partial charge in [-0.25, -0.2) is 27.9 Å². The molecule has 3 aromatic heterocycles. The van der Waals surface area contributed by atoms with E-state index >= 15 is 4.39 Å². The molecule has 4 aliphatic carbocycles. The Bertz CT molecular complexity index is 1330. The fourth-order valence-electron chi connectivity index (χ4n) is 6.18. The van der Waals surface area contributed by atoms with Crippen LogP contribution in [0.5, 0.6) is 0 Å². The number of aromatic amines is 1. The number of fused-ring (bicyclic) bond motifs is 1. The average molecular weight is 517 g/mol. The van der Waals surface area contributed by atoms with Crippen LogP contribution in [0.4, 0.5) is 29.7 Å². The molecular formula is C24H27F3N8O2. The minimum Gasteiger partial charge on any atom is -0.443 e. The van der Waals surface area contributed by atoms with Gasteiger partial charge in [0.25, 0.3) is 5.92 Å². The van der Waals surface area contributed by atoms with Crippen LogP contribution < -0.4 is 10.6 Å². The van der Waals surface area contributed by atoms with E-state index in [0.717, 1.165) is 25.2 Å². The fourth-order valence-corrected chi connectivity index (χ4v) is 6.18. The van der Waals surface area contributed by atoms with Gasteiger partial charge < -0.3 is 15.4 Å². The van der Waals surface area contributed by atoms with Crippen molar-refractivity contribution in [3.05, 3.63) is 35.9 Å². The molecule has 4 heterocycles. The van der Waals surface area contributed by atoms with Crippen molar-refractivity contribution in [3.8, 4) is 0 Å². The first-order chi connectivity index (χ1) is 17.7. The zero-order valence-corrected chi connectivity index (χ0v) is 20.0. The summed E-state index contributed by atoms with van der Waals surface area (Å²) in [6.45, 7) is -0.213. The number of aromatic nitrogens is 5. The number of carbonyl (C=O) groups excluding carboxylic acids is 1. The normalized spacial score (nSPS) is 31.9. The summed E-state index contributed by atoms with van der Waals surface area (Å²) in [6.07, 6.45) is 4.66. The van der Waals surface area contributed by atoms with Gasteiger partial charge in [-0.05, 0) is 44.1 Å². The predicted octanol–water partition coefficient (Wildman–Crippen LogP) is 3.51. The minimum atomic E-state index is -2.63. The molecule has 1 aliphatic heterocycles. The summed E-state index contributed by atoms with van der Waals surface area (Å²) < 4.78 is 48.7. The molecule has 0 spiro atoms. The molecule has 1 saturated heterocycles. The number of H-pyrrole nitrogens is 1. The van der Waals surface area contributed by atoms with E-state index in [-0.39, 0.29) is 18.6 Å². The second-order valence-corrected chi connectivity index (χ2v) is 11.0. The Hall–Kier alpha value is -3.35. The smallest absolute Gasteiger partial charge is 0.407 e. The van der Waals surface area contributed by atoms with Gasteiger partial charge in [0.15, 0.2) is 5.82 Å². The summed E-state index contributed by atoms with van der Waals surface area (Å²) in [6, 6.07) is 3.45. The number of alkyl carbamates (subject to hydrolysis) is 1. The van der Waals surface area contributed by atoms with E-state index < -0.39 is 30.2 Å². The summed E-state index contributed by atoms with van der Waals surface area (Å²) in [5, 5.41) is 13.2. The van der Waals surface area contributed by atoms with Crippen LogP contribution in [-0.4, -0.2) is 72.4 Å². The predicted molar refractivity (Wildman–Crippen MR) is 125 cm³/mol. The lowest BCUT2D eigenvalue weighted by Crippen LogP contribution is -2.68. The lowest BCUT2D eigenvalue weighted by Gasteiger charge is -2.61. The quantitative estimate of drug-likeness (QED) is 0.441. The number of ether oxygens (including phenoxy) is 1. The zero-order chi connectivity index (χ0) is 25.4. The molecule has 10 nitrogen and oxygen atoms in total. The summed E-state index contributed by atoms with van der Waals surface area (Å²) >= 11 is 0. The first-order valence-corrected chi connectivity index (χ1v) is 12.6. The van der Waals surface area contributed by atoms with Crippen molar-refractivity contribution in [2.45, 2.75) is 68.3 Å². The maximum Gasteiger partial charge on any atom is 0.407 e. The van der Waals surface area contributed by atoms with Crippen molar-refractivity contribution >= 4 is 23.5 Å². The van der Waals surface area contributed by atoms with E-state index in [1.807, 2.05) is 0 Å². The molecule has 3 aromatic rings. The number of amides is 1. The van der Waals surface area contributed by atoms with E-state index in [2.05, 4.69) is 30.8 Å². The topological polar surface area (TPSA) is 112 Å². The second-order valence-electron chi connectivity index (χ2n) is 11.0. The highest BCUT2D eigenvalue weighted by atomic mass is 19.3. The van der Waals surface area contributed by atoms with Gasteiger partial charge in [-0.1, -0.05) is 0 Å². The van der Waals surface area contributed by atoms with Crippen LogP contribution in [0, 0.1) is 5.92 Å². The molecule has 3 N–H and O–H groups in total. The molecule has 1 amide bonds. The number of carbonyl (C=O) groups is 1. The minimum absolute atomic E-state index is 0.105. The summed E-state index contributed by atoms with van der Waals surface area (Å²) in [5.41, 5.74) is 1.78. The summed E-state index contributed by atoms with van der Waals surface area (Å²) in [5.74, 6) is -1.47. The summed E-state index contributed by atoms with van der Waals surface area (Å²) in [7, 11) is 0.